The van der Waals surface area contributed by atoms with E-state index in [1.165, 1.54) is 32.0 Å². The summed E-state index contributed by atoms with van der Waals surface area (Å²) in [6.45, 7) is 0. The maximum atomic E-state index is 11.2. The van der Waals surface area contributed by atoms with Crippen molar-refractivity contribution in [1.29, 1.82) is 0 Å². The number of methoxy groups -OCH3 is 2. The third kappa shape index (κ3) is 2.38. The molecule has 96 valence electrons. The number of thioether (sulfide) groups is 1. The van der Waals surface area contributed by atoms with E-state index in [1.54, 1.807) is 12.1 Å². The average Bonchev–Trinajstić information content (AvgIpc) is 2.78. The highest BCUT2D eigenvalue weighted by Gasteiger charge is 2.22. The van der Waals surface area contributed by atoms with Crippen molar-refractivity contribution in [2.75, 3.05) is 20.0 Å². The molecule has 0 atom stereocenters. The third-order valence-corrected chi connectivity index (χ3v) is 3.31. The molecule has 0 bridgehead atoms. The standard InChI is InChI=1S/C12H13NO4S/c1-16-10-5-7(14)3-4-8(10)11(17-2)9-6-18-12(15)13-9/h3-5,14H,6H2,1-2H3,(H,13,15). The summed E-state index contributed by atoms with van der Waals surface area (Å²) in [5.41, 5.74) is 1.40. The Kier molecular flexibility index (Phi) is 3.66. The van der Waals surface area contributed by atoms with Crippen LogP contribution in [0.3, 0.4) is 0 Å². The number of phenolic OH excluding ortho intramolecular Hbond substituents is 1. The second-order valence-corrected chi connectivity index (χ2v) is 4.55. The molecule has 18 heavy (non-hydrogen) atoms. The lowest BCUT2D eigenvalue weighted by Gasteiger charge is -2.13. The first-order valence-electron chi connectivity index (χ1n) is 5.24. The Morgan fingerprint density at radius 3 is 2.78 bits per heavy atom. The number of amides is 1. The summed E-state index contributed by atoms with van der Waals surface area (Å²) in [5.74, 6) is 1.68. The Bertz CT molecular complexity index is 513. The van der Waals surface area contributed by atoms with Crippen LogP contribution in [0.15, 0.2) is 23.9 Å². The van der Waals surface area contributed by atoms with Gasteiger partial charge in [0.1, 0.15) is 17.3 Å². The Hall–Kier alpha value is -1.82. The Morgan fingerprint density at radius 2 is 2.22 bits per heavy atom. The topological polar surface area (TPSA) is 67.8 Å². The number of carbonyl (C=O) groups is 1. The molecular weight excluding hydrogens is 254 g/mol. The minimum absolute atomic E-state index is 0.0997. The highest BCUT2D eigenvalue weighted by atomic mass is 32.2. The SMILES string of the molecule is COC(=C1CSC(=O)N1)c1ccc(O)cc1OC. The number of ether oxygens (including phenoxy) is 2. The molecule has 1 fully saturated rings. The number of hydrogen-bond donors (Lipinski definition) is 2. The van der Waals surface area contributed by atoms with E-state index in [4.69, 9.17) is 9.47 Å². The van der Waals surface area contributed by atoms with Gasteiger partial charge in [-0.2, -0.15) is 0 Å². The number of nitrogens with one attached hydrogen (secondary N) is 1. The van der Waals surface area contributed by atoms with Crippen LogP contribution in [0.4, 0.5) is 4.79 Å². The normalized spacial score (nSPS) is 17.3. The van der Waals surface area contributed by atoms with Gasteiger partial charge in [-0.05, 0) is 12.1 Å². The van der Waals surface area contributed by atoms with Crippen LogP contribution >= 0.6 is 11.8 Å². The molecule has 0 radical (unpaired) electrons. The van der Waals surface area contributed by atoms with Crippen molar-refractivity contribution in [3.63, 3.8) is 0 Å². The van der Waals surface area contributed by atoms with Crippen LogP contribution in [-0.4, -0.2) is 30.3 Å². The summed E-state index contributed by atoms with van der Waals surface area (Å²) < 4.78 is 10.5. The lowest BCUT2D eigenvalue weighted by Crippen LogP contribution is -2.12. The van der Waals surface area contributed by atoms with Gasteiger partial charge in [-0.25, -0.2) is 0 Å². The molecule has 1 saturated heterocycles. The van der Waals surface area contributed by atoms with Gasteiger partial charge in [0, 0.05) is 11.8 Å². The molecule has 0 spiro atoms. The van der Waals surface area contributed by atoms with Crippen LogP contribution in [-0.2, 0) is 4.74 Å². The maximum Gasteiger partial charge on any atom is 0.283 e. The first-order valence-corrected chi connectivity index (χ1v) is 6.22. The number of rotatable bonds is 3. The van der Waals surface area contributed by atoms with Gasteiger partial charge in [-0.15, -0.1) is 0 Å². The molecule has 1 aromatic rings. The van der Waals surface area contributed by atoms with Gasteiger partial charge >= 0.3 is 0 Å². The first-order chi connectivity index (χ1) is 8.65. The van der Waals surface area contributed by atoms with Crippen molar-refractivity contribution in [2.24, 2.45) is 0 Å². The average molecular weight is 267 g/mol. The number of hydrogen-bond acceptors (Lipinski definition) is 5. The number of aromatic hydroxyl groups is 1. The van der Waals surface area contributed by atoms with Crippen LogP contribution in [0.5, 0.6) is 11.5 Å². The van der Waals surface area contributed by atoms with Gasteiger partial charge in [0.15, 0.2) is 0 Å². The summed E-state index contributed by atoms with van der Waals surface area (Å²) in [6.07, 6.45) is 0. The zero-order valence-electron chi connectivity index (χ0n) is 10.0. The van der Waals surface area contributed by atoms with E-state index in [-0.39, 0.29) is 11.0 Å². The fraction of sp³-hybridized carbons (Fsp3) is 0.250. The molecule has 6 heteroatoms. The highest BCUT2D eigenvalue weighted by molar-refractivity contribution is 8.14. The molecule has 1 heterocycles. The summed E-state index contributed by atoms with van der Waals surface area (Å²) in [6, 6.07) is 4.73. The molecule has 1 aliphatic heterocycles. The second kappa shape index (κ2) is 5.22. The van der Waals surface area contributed by atoms with Crippen molar-refractivity contribution in [1.82, 2.24) is 5.32 Å². The van der Waals surface area contributed by atoms with Crippen molar-refractivity contribution in [3.8, 4) is 11.5 Å². The van der Waals surface area contributed by atoms with E-state index in [0.29, 0.717) is 28.5 Å². The minimum atomic E-state index is -0.0997. The van der Waals surface area contributed by atoms with Crippen molar-refractivity contribution < 1.29 is 19.4 Å². The number of benzene rings is 1. The lowest BCUT2D eigenvalue weighted by atomic mass is 10.1. The number of phenols is 1. The quantitative estimate of drug-likeness (QED) is 0.821. The van der Waals surface area contributed by atoms with E-state index in [2.05, 4.69) is 5.32 Å². The molecule has 5 nitrogen and oxygen atoms in total. The smallest absolute Gasteiger partial charge is 0.283 e. The molecule has 1 amide bonds. The third-order valence-electron chi connectivity index (χ3n) is 2.51. The van der Waals surface area contributed by atoms with Crippen LogP contribution < -0.4 is 10.1 Å². The first kappa shape index (κ1) is 12.6. The Labute approximate surface area is 109 Å². The van der Waals surface area contributed by atoms with Crippen molar-refractivity contribution >= 4 is 22.8 Å². The summed E-state index contributed by atoms with van der Waals surface area (Å²) in [4.78, 5) is 11.2. The predicted molar refractivity (Wildman–Crippen MR) is 69.6 cm³/mol. The van der Waals surface area contributed by atoms with Crippen LogP contribution in [0.25, 0.3) is 5.76 Å². The van der Waals surface area contributed by atoms with Gasteiger partial charge in [-0.1, -0.05) is 11.8 Å². The maximum absolute atomic E-state index is 11.2. The van der Waals surface area contributed by atoms with E-state index < -0.39 is 0 Å². The zero-order chi connectivity index (χ0) is 13.1. The molecule has 2 rings (SSSR count). The molecule has 0 aliphatic carbocycles. The van der Waals surface area contributed by atoms with Gasteiger partial charge in [-0.3, -0.25) is 4.79 Å². The highest BCUT2D eigenvalue weighted by Crippen LogP contribution is 2.33. The van der Waals surface area contributed by atoms with Crippen molar-refractivity contribution in [3.05, 3.63) is 29.5 Å². The minimum Gasteiger partial charge on any atom is -0.508 e. The fourth-order valence-corrected chi connectivity index (χ4v) is 2.39. The van der Waals surface area contributed by atoms with Crippen LogP contribution in [0.1, 0.15) is 5.56 Å². The summed E-state index contributed by atoms with van der Waals surface area (Å²) in [7, 11) is 3.04. The monoisotopic (exact) mass is 267 g/mol. The molecule has 0 saturated carbocycles. The van der Waals surface area contributed by atoms with E-state index in [0.717, 1.165) is 0 Å². The molecular formula is C12H13NO4S. The van der Waals surface area contributed by atoms with Gasteiger partial charge in [0.05, 0.1) is 25.5 Å². The van der Waals surface area contributed by atoms with Gasteiger partial charge in [0.2, 0.25) is 0 Å². The largest absolute Gasteiger partial charge is 0.508 e. The van der Waals surface area contributed by atoms with Gasteiger partial charge < -0.3 is 19.9 Å². The Morgan fingerprint density at radius 1 is 1.44 bits per heavy atom. The lowest BCUT2D eigenvalue weighted by molar-refractivity contribution is 0.263. The van der Waals surface area contributed by atoms with Crippen LogP contribution in [0.2, 0.25) is 0 Å². The summed E-state index contributed by atoms with van der Waals surface area (Å²) >= 11 is 1.18. The van der Waals surface area contributed by atoms with Gasteiger partial charge in [0.25, 0.3) is 5.24 Å². The molecule has 1 aromatic carbocycles. The van der Waals surface area contributed by atoms with E-state index >= 15 is 0 Å². The molecule has 2 N–H and O–H groups in total. The zero-order valence-corrected chi connectivity index (χ0v) is 10.8. The van der Waals surface area contributed by atoms with E-state index in [1.807, 2.05) is 0 Å². The molecule has 0 aromatic heterocycles. The second-order valence-electron chi connectivity index (χ2n) is 3.60. The van der Waals surface area contributed by atoms with E-state index in [9.17, 15) is 9.90 Å². The fourth-order valence-electron chi connectivity index (χ4n) is 1.72. The number of carbonyl (C=O) groups excluding carboxylic acids is 1. The summed E-state index contributed by atoms with van der Waals surface area (Å²) in [5, 5.41) is 12.0. The van der Waals surface area contributed by atoms with Crippen LogP contribution in [0, 0.1) is 0 Å². The van der Waals surface area contributed by atoms with Crippen molar-refractivity contribution in [2.45, 2.75) is 0 Å². The molecule has 0 unspecified atom stereocenters. The predicted octanol–water partition coefficient (Wildman–Crippen LogP) is 2.17. The Balaban J connectivity index is 2.48. The molecule has 1 aliphatic rings.